The van der Waals surface area contributed by atoms with Crippen molar-refractivity contribution in [1.82, 2.24) is 20.3 Å². The third-order valence-corrected chi connectivity index (χ3v) is 5.93. The zero-order valence-electron chi connectivity index (χ0n) is 16.5. The third kappa shape index (κ3) is 4.79. The van der Waals surface area contributed by atoms with Gasteiger partial charge in [0.1, 0.15) is 11.7 Å². The zero-order chi connectivity index (χ0) is 23.4. The Morgan fingerprint density at radius 1 is 1.31 bits per heavy atom. The Hall–Kier alpha value is -4.11. The van der Waals surface area contributed by atoms with Crippen LogP contribution in [0.25, 0.3) is 11.0 Å². The van der Waals surface area contributed by atoms with Gasteiger partial charge in [0, 0.05) is 29.8 Å². The topological polar surface area (TPSA) is 191 Å². The van der Waals surface area contributed by atoms with E-state index in [2.05, 4.69) is 26.2 Å². The van der Waals surface area contributed by atoms with Gasteiger partial charge in [0.15, 0.2) is 0 Å². The fraction of sp³-hybridized carbons (Fsp3) is 0.250. The van der Waals surface area contributed by atoms with Crippen molar-refractivity contribution in [2.75, 3.05) is 5.73 Å². The van der Waals surface area contributed by atoms with E-state index in [1.54, 1.807) is 12.3 Å². The predicted octanol–water partition coefficient (Wildman–Crippen LogP) is 1.10. The number of nitrogens with one attached hydrogen (secondary N) is 3. The number of nitrogens with two attached hydrogens (primary N) is 1. The summed E-state index contributed by atoms with van der Waals surface area (Å²) in [6.07, 6.45) is 6.73. The van der Waals surface area contributed by atoms with Crippen LogP contribution in [0.15, 0.2) is 23.1 Å². The minimum absolute atomic E-state index is 0.0321. The number of amides is 1. The number of carbonyl (C=O) groups excluding carboxylic acids is 1. The number of fused-ring (bicyclic) bond motifs is 1. The molecule has 0 aliphatic carbocycles. The molecule has 3 aromatic rings. The molecule has 0 spiro atoms. The summed E-state index contributed by atoms with van der Waals surface area (Å²) in [5.74, 6) is -1.03. The fourth-order valence-electron chi connectivity index (χ4n) is 3.25. The van der Waals surface area contributed by atoms with Gasteiger partial charge >= 0.3 is 11.9 Å². The van der Waals surface area contributed by atoms with E-state index in [1.807, 2.05) is 0 Å². The average Bonchev–Trinajstić information content (AvgIpc) is 3.36. The molecule has 2 atom stereocenters. The number of carbonyl (C=O) groups is 3. The highest BCUT2D eigenvalue weighted by molar-refractivity contribution is 7.14. The minimum Gasteiger partial charge on any atom is -0.481 e. The van der Waals surface area contributed by atoms with E-state index >= 15 is 0 Å². The van der Waals surface area contributed by atoms with Gasteiger partial charge in [-0.15, -0.1) is 23.7 Å². The molecular formula is C20H19N5O6S. The van der Waals surface area contributed by atoms with Crippen LogP contribution in [0.5, 0.6) is 0 Å². The molecule has 0 aliphatic rings. The Labute approximate surface area is 184 Å². The molecule has 0 bridgehead atoms. The average molecular weight is 457 g/mol. The van der Waals surface area contributed by atoms with Crippen LogP contribution in [-0.2, 0) is 9.59 Å². The van der Waals surface area contributed by atoms with Gasteiger partial charge in [0.05, 0.1) is 10.3 Å². The maximum atomic E-state index is 12.6. The monoisotopic (exact) mass is 457 g/mol. The van der Waals surface area contributed by atoms with Crippen LogP contribution >= 0.6 is 11.3 Å². The maximum absolute atomic E-state index is 12.6. The van der Waals surface area contributed by atoms with Crippen LogP contribution in [0.3, 0.4) is 0 Å². The Balaban J connectivity index is 1.89. The number of hydrogen-bond acceptors (Lipinski definition) is 7. The van der Waals surface area contributed by atoms with Gasteiger partial charge in [0.2, 0.25) is 5.95 Å². The molecule has 11 nitrogen and oxygen atoms in total. The summed E-state index contributed by atoms with van der Waals surface area (Å²) in [6, 6.07) is 1.85. The molecule has 7 N–H and O–H groups in total. The quantitative estimate of drug-likeness (QED) is 0.257. The van der Waals surface area contributed by atoms with Crippen molar-refractivity contribution in [2.45, 2.75) is 31.2 Å². The summed E-state index contributed by atoms with van der Waals surface area (Å²) in [7, 11) is 0. The zero-order valence-corrected chi connectivity index (χ0v) is 17.4. The van der Waals surface area contributed by atoms with Crippen LogP contribution < -0.4 is 16.6 Å². The summed E-state index contributed by atoms with van der Waals surface area (Å²) in [5.41, 5.74) is 6.05. The first-order valence-corrected chi connectivity index (χ1v) is 10.2. The van der Waals surface area contributed by atoms with Crippen molar-refractivity contribution in [1.29, 1.82) is 0 Å². The number of nitrogens with zero attached hydrogens (tertiary/aromatic N) is 1. The molecule has 0 saturated heterocycles. The number of aromatic amines is 2. The minimum atomic E-state index is -1.34. The third-order valence-electron chi connectivity index (χ3n) is 4.73. The van der Waals surface area contributed by atoms with E-state index in [1.165, 1.54) is 6.07 Å². The number of terminal acetylenes is 1. The smallest absolute Gasteiger partial charge is 0.326 e. The Bertz CT molecular complexity index is 1280. The van der Waals surface area contributed by atoms with Crippen molar-refractivity contribution in [3.05, 3.63) is 44.0 Å². The maximum Gasteiger partial charge on any atom is 0.326 e. The summed E-state index contributed by atoms with van der Waals surface area (Å²) in [4.78, 5) is 57.3. The lowest BCUT2D eigenvalue weighted by atomic mass is 9.95. The van der Waals surface area contributed by atoms with Gasteiger partial charge in [-0.1, -0.05) is 0 Å². The van der Waals surface area contributed by atoms with Crippen LogP contribution in [0.1, 0.15) is 45.3 Å². The van der Waals surface area contributed by atoms with Gasteiger partial charge in [-0.2, -0.15) is 4.98 Å². The standard InChI is InChI=1S/C20H19N5O6S/c1-2-3-9(10-8-22-16-15(10)18(29)25-20(21)24-16)12-5-6-13(32-12)17(28)23-11(19(30)31)4-7-14(26)27/h1,5-6,8-9,11H,3-4,7H2,(H,23,28)(H,26,27)(H,30,31)(H4,21,22,24,25,29)/t9?,11-/m0/s1. The van der Waals surface area contributed by atoms with Crippen molar-refractivity contribution in [3.8, 4) is 12.3 Å². The number of aliphatic carboxylic acids is 2. The Morgan fingerprint density at radius 2 is 2.06 bits per heavy atom. The predicted molar refractivity (Wildman–Crippen MR) is 116 cm³/mol. The van der Waals surface area contributed by atoms with Gasteiger partial charge in [-0.3, -0.25) is 19.4 Å². The number of rotatable bonds is 9. The lowest BCUT2D eigenvalue weighted by Crippen LogP contribution is -2.40. The molecule has 3 heterocycles. The first-order chi connectivity index (χ1) is 15.2. The summed E-state index contributed by atoms with van der Waals surface area (Å²) < 4.78 is 0. The first kappa shape index (κ1) is 22.6. The molecule has 0 saturated carbocycles. The van der Waals surface area contributed by atoms with Crippen molar-refractivity contribution in [2.24, 2.45) is 0 Å². The normalized spacial score (nSPS) is 12.7. The van der Waals surface area contributed by atoms with Gasteiger partial charge in [-0.05, 0) is 24.1 Å². The SMILES string of the molecule is C#CCC(c1ccc(C(=O)N[C@@H](CCC(=O)O)C(=O)O)s1)c1c[nH]c2nc(N)[nH]c(=O)c12. The van der Waals surface area contributed by atoms with Crippen LogP contribution in [0, 0.1) is 12.3 Å². The number of carboxylic acid groups (broad SMARTS) is 2. The molecule has 166 valence electrons. The summed E-state index contributed by atoms with van der Waals surface area (Å²) in [6.45, 7) is 0. The molecule has 1 amide bonds. The fourth-order valence-corrected chi connectivity index (χ4v) is 4.28. The van der Waals surface area contributed by atoms with Crippen LogP contribution in [0.4, 0.5) is 5.95 Å². The molecular weight excluding hydrogens is 438 g/mol. The largest absolute Gasteiger partial charge is 0.481 e. The lowest BCUT2D eigenvalue weighted by Gasteiger charge is -2.13. The highest BCUT2D eigenvalue weighted by Crippen LogP contribution is 2.35. The number of carboxylic acids is 2. The van der Waals surface area contributed by atoms with E-state index in [-0.39, 0.29) is 23.7 Å². The molecule has 0 radical (unpaired) electrons. The molecule has 12 heteroatoms. The molecule has 0 aromatic carbocycles. The highest BCUT2D eigenvalue weighted by atomic mass is 32.1. The lowest BCUT2D eigenvalue weighted by molar-refractivity contribution is -0.140. The number of thiophene rings is 1. The second-order valence-electron chi connectivity index (χ2n) is 6.88. The second kappa shape index (κ2) is 9.36. The van der Waals surface area contributed by atoms with E-state index in [0.29, 0.717) is 21.5 Å². The van der Waals surface area contributed by atoms with E-state index in [0.717, 1.165) is 11.3 Å². The van der Waals surface area contributed by atoms with Crippen molar-refractivity contribution >= 4 is 46.2 Å². The second-order valence-corrected chi connectivity index (χ2v) is 7.99. The van der Waals surface area contributed by atoms with E-state index < -0.39 is 41.8 Å². The number of aromatic nitrogens is 3. The molecule has 32 heavy (non-hydrogen) atoms. The first-order valence-electron chi connectivity index (χ1n) is 9.36. The van der Waals surface area contributed by atoms with Crippen LogP contribution in [0.2, 0.25) is 0 Å². The van der Waals surface area contributed by atoms with Gasteiger partial charge in [-0.25, -0.2) is 4.79 Å². The molecule has 0 aliphatic heterocycles. The molecule has 3 rings (SSSR count). The van der Waals surface area contributed by atoms with Crippen molar-refractivity contribution in [3.63, 3.8) is 0 Å². The number of hydrogen-bond donors (Lipinski definition) is 6. The van der Waals surface area contributed by atoms with E-state index in [4.69, 9.17) is 17.3 Å². The molecule has 3 aromatic heterocycles. The van der Waals surface area contributed by atoms with Gasteiger partial charge in [0.25, 0.3) is 11.5 Å². The number of anilines is 1. The van der Waals surface area contributed by atoms with Crippen molar-refractivity contribution < 1.29 is 24.6 Å². The van der Waals surface area contributed by atoms with Crippen LogP contribution in [-0.4, -0.2) is 49.1 Å². The summed E-state index contributed by atoms with van der Waals surface area (Å²) >= 11 is 1.09. The number of nitrogen functional groups attached to an aromatic ring is 1. The Kier molecular flexibility index (Phi) is 6.60. The number of H-pyrrole nitrogens is 2. The summed E-state index contributed by atoms with van der Waals surface area (Å²) in [5, 5.41) is 20.6. The van der Waals surface area contributed by atoms with E-state index in [9.17, 15) is 24.3 Å². The Morgan fingerprint density at radius 3 is 2.72 bits per heavy atom. The van der Waals surface area contributed by atoms with Gasteiger partial charge < -0.3 is 26.2 Å². The molecule has 1 unspecified atom stereocenters. The molecule has 0 fully saturated rings. The highest BCUT2D eigenvalue weighted by Gasteiger charge is 2.25.